The van der Waals surface area contributed by atoms with Crippen LogP contribution < -0.4 is 5.43 Å². The lowest BCUT2D eigenvalue weighted by Gasteiger charge is -2.36. The fourth-order valence-electron chi connectivity index (χ4n) is 4.62. The van der Waals surface area contributed by atoms with E-state index in [1.54, 1.807) is 47.4 Å². The highest BCUT2D eigenvalue weighted by Crippen LogP contribution is 2.24. The molecule has 1 aliphatic heterocycles. The summed E-state index contributed by atoms with van der Waals surface area (Å²) in [7, 11) is -3.13. The van der Waals surface area contributed by atoms with Crippen LogP contribution in [0.3, 0.4) is 0 Å². The summed E-state index contributed by atoms with van der Waals surface area (Å²) in [6.07, 6.45) is 6.60. The Labute approximate surface area is 210 Å². The van der Waals surface area contributed by atoms with Gasteiger partial charge < -0.3 is 14.1 Å². The molecule has 0 N–H and O–H groups in total. The van der Waals surface area contributed by atoms with Crippen molar-refractivity contribution in [3.05, 3.63) is 70.1 Å². The number of fused-ring (bicyclic) bond motifs is 1. The topological polar surface area (TPSA) is 93.9 Å². The molecule has 0 unspecified atom stereocenters. The Kier molecular flexibility index (Phi) is 6.59. The molecule has 8 heteroatoms. The van der Waals surface area contributed by atoms with Gasteiger partial charge in [0.25, 0.3) is 0 Å². The number of carbonyl (C=O) groups is 1. The Morgan fingerprint density at radius 2 is 1.83 bits per heavy atom. The highest BCUT2D eigenvalue weighted by Gasteiger charge is 2.32. The maximum absolute atomic E-state index is 13.1. The van der Waals surface area contributed by atoms with Crippen LogP contribution in [0.2, 0.25) is 0 Å². The molecule has 3 aromatic rings. The van der Waals surface area contributed by atoms with Gasteiger partial charge in [-0.05, 0) is 55.0 Å². The van der Waals surface area contributed by atoms with Crippen LogP contribution in [0, 0.1) is 17.8 Å². The van der Waals surface area contributed by atoms with Crippen molar-refractivity contribution in [2.24, 2.45) is 5.92 Å². The maximum atomic E-state index is 13.1. The summed E-state index contributed by atoms with van der Waals surface area (Å²) in [6, 6.07) is 12.1. The minimum atomic E-state index is -3.13. The average molecular weight is 506 g/mol. The molecule has 5 rings (SSSR count). The summed E-state index contributed by atoms with van der Waals surface area (Å²) >= 11 is 0. The van der Waals surface area contributed by atoms with E-state index < -0.39 is 9.84 Å². The zero-order chi connectivity index (χ0) is 25.3. The standard InChI is InChI=1S/C28H27NO6S/c1-36(32,33)18-20-8-11-22(12-9-20)25-17-34-26-14-19(10-13-24(26)27(25)30)6-7-21-15-29(16-21)28(31)35-23-4-2-3-5-23/h8-14,17,21,23H,2-5,15-16,18H2,1H3. The summed E-state index contributed by atoms with van der Waals surface area (Å²) in [5.74, 6) is 6.36. The monoisotopic (exact) mass is 505 g/mol. The van der Waals surface area contributed by atoms with Crippen LogP contribution in [0.25, 0.3) is 22.1 Å². The van der Waals surface area contributed by atoms with E-state index in [9.17, 15) is 18.0 Å². The van der Waals surface area contributed by atoms with Crippen LogP contribution in [0.4, 0.5) is 4.79 Å². The molecule has 1 saturated heterocycles. The quantitative estimate of drug-likeness (QED) is 0.489. The molecule has 7 nitrogen and oxygen atoms in total. The van der Waals surface area contributed by atoms with E-state index in [0.717, 1.165) is 31.2 Å². The van der Waals surface area contributed by atoms with Crippen LogP contribution in [-0.4, -0.2) is 44.9 Å². The molecule has 1 aliphatic carbocycles. The Bertz CT molecular complexity index is 1520. The van der Waals surface area contributed by atoms with Crippen LogP contribution in [0.1, 0.15) is 36.8 Å². The van der Waals surface area contributed by atoms with Gasteiger partial charge in [0.1, 0.15) is 18.0 Å². The molecular weight excluding hydrogens is 478 g/mol. The van der Waals surface area contributed by atoms with Crippen molar-refractivity contribution in [1.82, 2.24) is 4.90 Å². The van der Waals surface area contributed by atoms with Gasteiger partial charge in [-0.3, -0.25) is 4.79 Å². The second-order valence-corrected chi connectivity index (χ2v) is 11.8. The van der Waals surface area contributed by atoms with E-state index >= 15 is 0 Å². The van der Waals surface area contributed by atoms with Gasteiger partial charge >= 0.3 is 6.09 Å². The lowest BCUT2D eigenvalue weighted by molar-refractivity contribution is 0.0389. The Morgan fingerprint density at radius 3 is 2.53 bits per heavy atom. The van der Waals surface area contributed by atoms with Crippen LogP contribution in [-0.2, 0) is 20.3 Å². The fourth-order valence-corrected chi connectivity index (χ4v) is 5.41. The number of nitrogens with zero attached hydrogens (tertiary/aromatic N) is 1. The first-order valence-electron chi connectivity index (χ1n) is 12.0. The van der Waals surface area contributed by atoms with Gasteiger partial charge in [0.2, 0.25) is 0 Å². The van der Waals surface area contributed by atoms with Gasteiger partial charge in [-0.2, -0.15) is 0 Å². The van der Waals surface area contributed by atoms with E-state index in [1.807, 2.05) is 0 Å². The zero-order valence-corrected chi connectivity index (χ0v) is 20.8. The van der Waals surface area contributed by atoms with Gasteiger partial charge in [-0.15, -0.1) is 0 Å². The third-order valence-corrected chi connectivity index (χ3v) is 7.46. The Balaban J connectivity index is 1.25. The van der Waals surface area contributed by atoms with Gasteiger partial charge in [0.05, 0.1) is 22.6 Å². The highest BCUT2D eigenvalue weighted by atomic mass is 32.2. The first-order valence-corrected chi connectivity index (χ1v) is 14.1. The number of likely N-dealkylation sites (tertiary alicyclic amines) is 1. The van der Waals surface area contributed by atoms with Crippen molar-refractivity contribution >= 4 is 26.9 Å². The molecule has 1 aromatic heterocycles. The van der Waals surface area contributed by atoms with Crippen LogP contribution in [0.15, 0.2) is 57.9 Å². The third-order valence-electron chi connectivity index (χ3n) is 6.60. The fraction of sp³-hybridized carbons (Fsp3) is 0.357. The number of benzene rings is 2. The Hall–Kier alpha value is -3.57. The van der Waals surface area contributed by atoms with Crippen molar-refractivity contribution in [2.45, 2.75) is 37.5 Å². The van der Waals surface area contributed by atoms with Crippen molar-refractivity contribution in [3.63, 3.8) is 0 Å². The van der Waals surface area contributed by atoms with E-state index in [0.29, 0.717) is 40.7 Å². The number of hydrogen-bond acceptors (Lipinski definition) is 6. The van der Waals surface area contributed by atoms with E-state index in [2.05, 4.69) is 11.8 Å². The first-order chi connectivity index (χ1) is 17.2. The van der Waals surface area contributed by atoms with E-state index in [4.69, 9.17) is 9.15 Å². The third kappa shape index (κ3) is 5.47. The lowest BCUT2D eigenvalue weighted by atomic mass is 10.0. The zero-order valence-electron chi connectivity index (χ0n) is 20.0. The number of amides is 1. The van der Waals surface area contributed by atoms with Crippen molar-refractivity contribution in [3.8, 4) is 23.0 Å². The second-order valence-electron chi connectivity index (χ2n) is 9.62. The summed E-state index contributed by atoms with van der Waals surface area (Å²) in [4.78, 5) is 26.9. The average Bonchev–Trinajstić information content (AvgIpc) is 3.31. The molecule has 2 fully saturated rings. The molecule has 0 atom stereocenters. The van der Waals surface area contributed by atoms with Gasteiger partial charge in [-0.1, -0.05) is 36.1 Å². The minimum absolute atomic E-state index is 0.0488. The van der Waals surface area contributed by atoms with Crippen molar-refractivity contribution in [2.75, 3.05) is 19.3 Å². The van der Waals surface area contributed by atoms with Crippen molar-refractivity contribution in [1.29, 1.82) is 0 Å². The predicted octanol–water partition coefficient (Wildman–Crippen LogP) is 4.37. The van der Waals surface area contributed by atoms with Gasteiger partial charge in [0.15, 0.2) is 15.3 Å². The summed E-state index contributed by atoms with van der Waals surface area (Å²) in [6.45, 7) is 1.13. The lowest BCUT2D eigenvalue weighted by Crippen LogP contribution is -2.50. The summed E-state index contributed by atoms with van der Waals surface area (Å²) in [5, 5.41) is 0.447. The molecule has 1 amide bonds. The van der Waals surface area contributed by atoms with Gasteiger partial charge in [-0.25, -0.2) is 13.2 Å². The molecule has 2 heterocycles. The maximum Gasteiger partial charge on any atom is 0.410 e. The van der Waals surface area contributed by atoms with Crippen LogP contribution >= 0.6 is 0 Å². The second kappa shape index (κ2) is 9.82. The molecule has 1 saturated carbocycles. The minimum Gasteiger partial charge on any atom is -0.463 e. The highest BCUT2D eigenvalue weighted by molar-refractivity contribution is 7.89. The summed E-state index contributed by atoms with van der Waals surface area (Å²) in [5.41, 5.74) is 2.74. The molecule has 0 bridgehead atoms. The number of sulfone groups is 1. The molecule has 0 radical (unpaired) electrons. The summed E-state index contributed by atoms with van der Waals surface area (Å²) < 4.78 is 34.3. The SMILES string of the molecule is CS(=O)(=O)Cc1ccc(-c2coc3cc(C#CC4CN(C(=O)OC5CCCC5)C4)ccc3c2=O)cc1. The van der Waals surface area contributed by atoms with Crippen molar-refractivity contribution < 1.29 is 22.4 Å². The smallest absolute Gasteiger partial charge is 0.410 e. The normalized spacial score (nSPS) is 16.4. The number of carbonyl (C=O) groups excluding carboxylic acids is 1. The molecular formula is C28H27NO6S. The molecule has 2 aliphatic rings. The molecule has 2 aromatic carbocycles. The first kappa shape index (κ1) is 24.1. The number of hydrogen-bond donors (Lipinski definition) is 0. The van der Waals surface area contributed by atoms with E-state index in [1.165, 1.54) is 12.5 Å². The largest absolute Gasteiger partial charge is 0.463 e. The number of ether oxygens (including phenoxy) is 1. The van der Waals surface area contributed by atoms with Gasteiger partial charge in [0, 0.05) is 24.9 Å². The van der Waals surface area contributed by atoms with E-state index in [-0.39, 0.29) is 29.3 Å². The van der Waals surface area contributed by atoms with Crippen LogP contribution in [0.5, 0.6) is 0 Å². The number of rotatable bonds is 4. The molecule has 186 valence electrons. The predicted molar refractivity (Wildman–Crippen MR) is 137 cm³/mol. The molecule has 0 spiro atoms. The molecule has 36 heavy (non-hydrogen) atoms. The Morgan fingerprint density at radius 1 is 1.11 bits per heavy atom.